The molecule has 0 radical (unpaired) electrons. The Bertz CT molecular complexity index is 972. The van der Waals surface area contributed by atoms with Crippen LogP contribution in [0.5, 0.6) is 0 Å². The monoisotopic (exact) mass is 446 g/mol. The van der Waals surface area contributed by atoms with Gasteiger partial charge in [-0.15, -0.1) is 10.2 Å². The summed E-state index contributed by atoms with van der Waals surface area (Å²) in [7, 11) is 0. The van der Waals surface area contributed by atoms with Crippen LogP contribution < -0.4 is 5.32 Å². The minimum Gasteiger partial charge on any atom is -0.340 e. The first-order chi connectivity index (χ1) is 16.3. The Morgan fingerprint density at radius 1 is 0.939 bits per heavy atom. The van der Waals surface area contributed by atoms with Gasteiger partial charge in [-0.2, -0.15) is 5.21 Å². The number of anilines is 2. The van der Waals surface area contributed by atoms with E-state index in [1.807, 2.05) is 12.3 Å². The molecule has 1 aliphatic heterocycles. The third-order valence-electron chi connectivity index (χ3n) is 7.09. The first-order valence-electron chi connectivity index (χ1n) is 12.5. The van der Waals surface area contributed by atoms with Crippen LogP contribution in [0.1, 0.15) is 74.5 Å². The molecule has 3 heterocycles. The van der Waals surface area contributed by atoms with Crippen molar-refractivity contribution >= 4 is 11.5 Å². The summed E-state index contributed by atoms with van der Waals surface area (Å²) in [6.45, 7) is 3.23. The van der Waals surface area contributed by atoms with Crippen molar-refractivity contribution in [1.29, 1.82) is 0 Å². The van der Waals surface area contributed by atoms with Gasteiger partial charge in [-0.1, -0.05) is 43.0 Å². The van der Waals surface area contributed by atoms with Crippen molar-refractivity contribution in [3.8, 4) is 0 Å². The van der Waals surface area contributed by atoms with E-state index in [-0.39, 0.29) is 0 Å². The summed E-state index contributed by atoms with van der Waals surface area (Å²) in [4.78, 5) is 12.0. The van der Waals surface area contributed by atoms with Gasteiger partial charge in [-0.3, -0.25) is 4.90 Å². The topological polar surface area (TPSA) is 95.5 Å². The van der Waals surface area contributed by atoms with E-state index in [9.17, 15) is 0 Å². The highest BCUT2D eigenvalue weighted by molar-refractivity contribution is 5.56. The molecule has 2 aromatic heterocycles. The Morgan fingerprint density at radius 3 is 2.45 bits per heavy atom. The molecular weight excluding hydrogens is 412 g/mol. The van der Waals surface area contributed by atoms with Gasteiger partial charge >= 0.3 is 0 Å². The number of nitrogens with one attached hydrogen (secondary N) is 2. The van der Waals surface area contributed by atoms with Crippen LogP contribution in [0.25, 0.3) is 0 Å². The molecule has 0 amide bonds. The molecule has 1 aliphatic carbocycles. The van der Waals surface area contributed by atoms with Gasteiger partial charge in [0.15, 0.2) is 5.82 Å². The number of hydrogen-bond acceptors (Lipinski definition) is 7. The molecule has 5 rings (SSSR count). The molecule has 1 aromatic carbocycles. The maximum Gasteiger partial charge on any atom is 0.174 e. The van der Waals surface area contributed by atoms with Crippen LogP contribution in [0.2, 0.25) is 0 Å². The van der Waals surface area contributed by atoms with Crippen LogP contribution in [-0.2, 0) is 13.0 Å². The maximum absolute atomic E-state index is 4.84. The molecule has 0 atom stereocenters. The number of nitrogens with zero attached hydrogens (tertiary/aromatic N) is 6. The van der Waals surface area contributed by atoms with Crippen molar-refractivity contribution in [3.05, 3.63) is 53.7 Å². The fourth-order valence-electron chi connectivity index (χ4n) is 5.15. The van der Waals surface area contributed by atoms with E-state index in [0.29, 0.717) is 11.8 Å². The van der Waals surface area contributed by atoms with Crippen LogP contribution in [-0.4, -0.2) is 48.6 Å². The number of piperidine rings is 1. The Hall–Kier alpha value is -2.87. The van der Waals surface area contributed by atoms with Crippen molar-refractivity contribution in [2.45, 2.75) is 70.3 Å². The molecule has 174 valence electrons. The number of aromatic nitrogens is 6. The SMILES string of the molecule is c1cc(Nc2ccc(CN3CCC(Cc4nn[nH]n4)CC3)cc2)nc(C2CCCCCC2)n1. The van der Waals surface area contributed by atoms with Crippen molar-refractivity contribution in [3.63, 3.8) is 0 Å². The van der Waals surface area contributed by atoms with Gasteiger partial charge in [-0.05, 0) is 68.5 Å². The lowest BCUT2D eigenvalue weighted by atomic mass is 9.93. The van der Waals surface area contributed by atoms with Crippen LogP contribution >= 0.6 is 0 Å². The van der Waals surface area contributed by atoms with Crippen LogP contribution in [0.4, 0.5) is 11.5 Å². The number of aromatic amines is 1. The van der Waals surface area contributed by atoms with Gasteiger partial charge in [0.2, 0.25) is 0 Å². The Labute approximate surface area is 195 Å². The van der Waals surface area contributed by atoms with E-state index in [2.05, 4.69) is 60.1 Å². The predicted molar refractivity (Wildman–Crippen MR) is 128 cm³/mol. The minimum absolute atomic E-state index is 0.507. The number of benzene rings is 1. The first kappa shape index (κ1) is 21.9. The van der Waals surface area contributed by atoms with Gasteiger partial charge < -0.3 is 5.32 Å². The summed E-state index contributed by atoms with van der Waals surface area (Å²) in [6, 6.07) is 10.7. The Morgan fingerprint density at radius 2 is 1.73 bits per heavy atom. The maximum atomic E-state index is 4.84. The summed E-state index contributed by atoms with van der Waals surface area (Å²) in [5.41, 5.74) is 2.42. The Balaban J connectivity index is 1.12. The summed E-state index contributed by atoms with van der Waals surface area (Å²) in [5, 5.41) is 17.9. The molecule has 0 unspecified atom stereocenters. The number of likely N-dealkylation sites (tertiary alicyclic amines) is 1. The number of H-pyrrole nitrogens is 1. The third-order valence-corrected chi connectivity index (χ3v) is 7.09. The molecule has 33 heavy (non-hydrogen) atoms. The fourth-order valence-corrected chi connectivity index (χ4v) is 5.15. The predicted octanol–water partition coefficient (Wildman–Crippen LogP) is 4.63. The highest BCUT2D eigenvalue weighted by atomic mass is 15.5. The molecule has 8 nitrogen and oxygen atoms in total. The zero-order chi connectivity index (χ0) is 22.3. The quantitative estimate of drug-likeness (QED) is 0.511. The molecular formula is C25H34N8. The zero-order valence-electron chi connectivity index (χ0n) is 19.3. The summed E-state index contributed by atoms with van der Waals surface area (Å²) in [6.07, 6.45) is 12.9. The lowest BCUT2D eigenvalue weighted by Crippen LogP contribution is -2.34. The van der Waals surface area contributed by atoms with Gasteiger partial charge in [0.1, 0.15) is 11.6 Å². The molecule has 0 bridgehead atoms. The summed E-state index contributed by atoms with van der Waals surface area (Å²) < 4.78 is 0. The fraction of sp³-hybridized carbons (Fsp3) is 0.560. The van der Waals surface area contributed by atoms with E-state index in [4.69, 9.17) is 4.98 Å². The summed E-state index contributed by atoms with van der Waals surface area (Å²) >= 11 is 0. The van der Waals surface area contributed by atoms with Gasteiger partial charge in [0.05, 0.1) is 0 Å². The van der Waals surface area contributed by atoms with Crippen LogP contribution in [0.3, 0.4) is 0 Å². The van der Waals surface area contributed by atoms with Gasteiger partial charge in [-0.25, -0.2) is 9.97 Å². The molecule has 0 spiro atoms. The van der Waals surface area contributed by atoms with E-state index < -0.39 is 0 Å². The molecule has 2 aliphatic rings. The molecule has 2 N–H and O–H groups in total. The molecule has 1 saturated heterocycles. The molecule has 3 aromatic rings. The van der Waals surface area contributed by atoms with E-state index in [1.54, 1.807) is 0 Å². The lowest BCUT2D eigenvalue weighted by Gasteiger charge is -2.31. The first-order valence-corrected chi connectivity index (χ1v) is 12.5. The number of hydrogen-bond donors (Lipinski definition) is 2. The molecule has 2 fully saturated rings. The van der Waals surface area contributed by atoms with E-state index in [1.165, 1.54) is 56.9 Å². The van der Waals surface area contributed by atoms with Gasteiger partial charge in [0, 0.05) is 30.8 Å². The second-order valence-electron chi connectivity index (χ2n) is 9.56. The third kappa shape index (κ3) is 6.13. The average Bonchev–Trinajstić information content (AvgIpc) is 3.20. The van der Waals surface area contributed by atoms with Crippen molar-refractivity contribution in [2.24, 2.45) is 5.92 Å². The van der Waals surface area contributed by atoms with Crippen LogP contribution in [0.15, 0.2) is 36.5 Å². The summed E-state index contributed by atoms with van der Waals surface area (Å²) in [5.74, 6) is 3.89. The second kappa shape index (κ2) is 10.8. The van der Waals surface area contributed by atoms with Crippen molar-refractivity contribution < 1.29 is 0 Å². The van der Waals surface area contributed by atoms with E-state index >= 15 is 0 Å². The Kier molecular flexibility index (Phi) is 7.20. The van der Waals surface area contributed by atoms with Gasteiger partial charge in [0.25, 0.3) is 0 Å². The van der Waals surface area contributed by atoms with Crippen LogP contribution in [0, 0.1) is 5.92 Å². The minimum atomic E-state index is 0.507. The smallest absolute Gasteiger partial charge is 0.174 e. The second-order valence-corrected chi connectivity index (χ2v) is 9.56. The standard InChI is InChI=1S/C25H34N8/c1-2-4-6-21(5-3-1)25-26-14-11-23(28-25)27-22-9-7-20(8-10-22)18-33-15-12-19(13-16-33)17-24-29-31-32-30-24/h7-11,14,19,21H,1-6,12-13,15-18H2,(H,26,27,28)(H,29,30,31,32). The largest absolute Gasteiger partial charge is 0.340 e. The highest BCUT2D eigenvalue weighted by Gasteiger charge is 2.21. The van der Waals surface area contributed by atoms with Crippen molar-refractivity contribution in [2.75, 3.05) is 18.4 Å². The zero-order valence-corrected chi connectivity index (χ0v) is 19.3. The number of tetrazole rings is 1. The average molecular weight is 447 g/mol. The highest BCUT2D eigenvalue weighted by Crippen LogP contribution is 2.30. The lowest BCUT2D eigenvalue weighted by molar-refractivity contribution is 0.176. The normalized spacial score (nSPS) is 18.8. The number of rotatable bonds is 7. The molecule has 8 heteroatoms. The van der Waals surface area contributed by atoms with Crippen molar-refractivity contribution in [1.82, 2.24) is 35.5 Å². The molecule has 1 saturated carbocycles. The van der Waals surface area contributed by atoms with E-state index in [0.717, 1.165) is 49.2 Å².